The van der Waals surface area contributed by atoms with E-state index in [0.717, 1.165) is 25.2 Å². The molecule has 1 N–H and O–H groups in total. The zero-order valence-electron chi connectivity index (χ0n) is 13.2. The van der Waals surface area contributed by atoms with Crippen LogP contribution in [0.5, 0.6) is 0 Å². The van der Waals surface area contributed by atoms with Crippen molar-refractivity contribution >= 4 is 29.3 Å². The van der Waals surface area contributed by atoms with Crippen LogP contribution in [0.25, 0.3) is 0 Å². The van der Waals surface area contributed by atoms with Gasteiger partial charge in [0.25, 0.3) is 0 Å². The standard InChI is InChI=1S/C16H22Cl2N2O2/c1-16(2,3)22-15(21)20-9-11(10-20)7-19-8-12-4-5-13(17)6-14(12)18/h4-6,11,19H,7-10H2,1-3H3. The molecule has 22 heavy (non-hydrogen) atoms. The Morgan fingerprint density at radius 2 is 2.05 bits per heavy atom. The second-order valence-electron chi connectivity index (χ2n) is 6.62. The normalized spacial score (nSPS) is 15.6. The lowest BCUT2D eigenvalue weighted by Crippen LogP contribution is -2.54. The number of nitrogens with zero attached hydrogens (tertiary/aromatic N) is 1. The summed E-state index contributed by atoms with van der Waals surface area (Å²) in [4.78, 5) is 13.5. The van der Waals surface area contributed by atoms with Gasteiger partial charge in [0.2, 0.25) is 0 Å². The molecule has 1 aliphatic heterocycles. The van der Waals surface area contributed by atoms with Crippen molar-refractivity contribution in [1.82, 2.24) is 10.2 Å². The molecule has 0 spiro atoms. The highest BCUT2D eigenvalue weighted by atomic mass is 35.5. The van der Waals surface area contributed by atoms with E-state index < -0.39 is 5.60 Å². The first-order chi connectivity index (χ1) is 10.2. The van der Waals surface area contributed by atoms with Gasteiger partial charge in [-0.15, -0.1) is 0 Å². The third-order valence-corrected chi connectivity index (χ3v) is 3.96. The fourth-order valence-corrected chi connectivity index (χ4v) is 2.73. The molecule has 1 aromatic rings. The SMILES string of the molecule is CC(C)(C)OC(=O)N1CC(CNCc2ccc(Cl)cc2Cl)C1. The van der Waals surface area contributed by atoms with Gasteiger partial charge in [-0.2, -0.15) is 0 Å². The molecule has 4 nitrogen and oxygen atoms in total. The van der Waals surface area contributed by atoms with Gasteiger partial charge >= 0.3 is 6.09 Å². The minimum absolute atomic E-state index is 0.232. The van der Waals surface area contributed by atoms with Crippen molar-refractivity contribution < 1.29 is 9.53 Å². The molecule has 1 aromatic carbocycles. The number of ether oxygens (including phenoxy) is 1. The van der Waals surface area contributed by atoms with E-state index in [9.17, 15) is 4.79 Å². The van der Waals surface area contributed by atoms with Crippen LogP contribution >= 0.6 is 23.2 Å². The summed E-state index contributed by atoms with van der Waals surface area (Å²) in [6, 6.07) is 5.50. The summed E-state index contributed by atoms with van der Waals surface area (Å²) in [6.07, 6.45) is -0.232. The lowest BCUT2D eigenvalue weighted by molar-refractivity contribution is -0.000797. The Labute approximate surface area is 141 Å². The number of rotatable bonds is 4. The first-order valence-corrected chi connectivity index (χ1v) is 8.13. The van der Waals surface area contributed by atoms with E-state index in [2.05, 4.69) is 5.32 Å². The van der Waals surface area contributed by atoms with Crippen LogP contribution in [0.15, 0.2) is 18.2 Å². The number of amides is 1. The van der Waals surface area contributed by atoms with Gasteiger partial charge in [-0.3, -0.25) is 0 Å². The number of likely N-dealkylation sites (tertiary alicyclic amines) is 1. The molecule has 0 saturated carbocycles. The minimum atomic E-state index is -0.439. The highest BCUT2D eigenvalue weighted by molar-refractivity contribution is 6.35. The maximum Gasteiger partial charge on any atom is 0.410 e. The van der Waals surface area contributed by atoms with E-state index in [1.807, 2.05) is 32.9 Å². The van der Waals surface area contributed by atoms with Gasteiger partial charge in [-0.1, -0.05) is 29.3 Å². The molecular weight excluding hydrogens is 323 g/mol. The van der Waals surface area contributed by atoms with Crippen LogP contribution in [0.2, 0.25) is 10.0 Å². The van der Waals surface area contributed by atoms with Gasteiger partial charge in [0.15, 0.2) is 0 Å². The molecule has 122 valence electrons. The van der Waals surface area contributed by atoms with Gasteiger partial charge in [0.1, 0.15) is 5.60 Å². The molecule has 0 aromatic heterocycles. The van der Waals surface area contributed by atoms with Crippen LogP contribution < -0.4 is 5.32 Å². The van der Waals surface area contributed by atoms with Gasteiger partial charge in [-0.05, 0) is 38.5 Å². The van der Waals surface area contributed by atoms with E-state index in [-0.39, 0.29) is 6.09 Å². The summed E-state index contributed by atoms with van der Waals surface area (Å²) in [7, 11) is 0. The highest BCUT2D eigenvalue weighted by Gasteiger charge is 2.33. The highest BCUT2D eigenvalue weighted by Crippen LogP contribution is 2.22. The second kappa shape index (κ2) is 7.07. The first-order valence-electron chi connectivity index (χ1n) is 7.37. The third-order valence-electron chi connectivity index (χ3n) is 3.37. The van der Waals surface area contributed by atoms with Crippen molar-refractivity contribution in [3.63, 3.8) is 0 Å². The Kier molecular flexibility index (Phi) is 5.59. The topological polar surface area (TPSA) is 41.6 Å². The van der Waals surface area contributed by atoms with Crippen LogP contribution in [0.1, 0.15) is 26.3 Å². The predicted octanol–water partition coefficient (Wildman–Crippen LogP) is 3.95. The van der Waals surface area contributed by atoms with Gasteiger partial charge in [-0.25, -0.2) is 4.79 Å². The summed E-state index contributed by atoms with van der Waals surface area (Å²) in [5, 5.41) is 4.68. The average Bonchev–Trinajstić information content (AvgIpc) is 2.31. The smallest absolute Gasteiger partial charge is 0.410 e. The number of hydrogen-bond donors (Lipinski definition) is 1. The summed E-state index contributed by atoms with van der Waals surface area (Å²) < 4.78 is 5.33. The van der Waals surface area contributed by atoms with Crippen LogP contribution in [-0.2, 0) is 11.3 Å². The predicted molar refractivity (Wildman–Crippen MR) is 89.5 cm³/mol. The molecule has 0 atom stereocenters. The molecule has 1 saturated heterocycles. The van der Waals surface area contributed by atoms with E-state index in [0.29, 0.717) is 22.5 Å². The van der Waals surface area contributed by atoms with Crippen LogP contribution in [0.4, 0.5) is 4.79 Å². The second-order valence-corrected chi connectivity index (χ2v) is 7.46. The Balaban J connectivity index is 1.67. The largest absolute Gasteiger partial charge is 0.444 e. The number of hydrogen-bond acceptors (Lipinski definition) is 3. The summed E-state index contributed by atoms with van der Waals surface area (Å²) in [5.41, 5.74) is 0.584. The number of halogens is 2. The third kappa shape index (κ3) is 5.04. The van der Waals surface area contributed by atoms with Crippen molar-refractivity contribution in [2.75, 3.05) is 19.6 Å². The lowest BCUT2D eigenvalue weighted by Gasteiger charge is -2.39. The molecule has 0 bridgehead atoms. The molecule has 0 radical (unpaired) electrons. The fourth-order valence-electron chi connectivity index (χ4n) is 2.25. The first kappa shape index (κ1) is 17.4. The Morgan fingerprint density at radius 1 is 1.36 bits per heavy atom. The van der Waals surface area contributed by atoms with E-state index in [1.54, 1.807) is 11.0 Å². The van der Waals surface area contributed by atoms with E-state index in [4.69, 9.17) is 27.9 Å². The molecule has 1 amide bonds. The molecule has 1 fully saturated rings. The fraction of sp³-hybridized carbons (Fsp3) is 0.562. The quantitative estimate of drug-likeness (QED) is 0.898. The Hall–Kier alpha value is -0.970. The van der Waals surface area contributed by atoms with Crippen molar-refractivity contribution in [3.8, 4) is 0 Å². The van der Waals surface area contributed by atoms with Crippen molar-refractivity contribution in [3.05, 3.63) is 33.8 Å². The molecule has 0 unspecified atom stereocenters. The summed E-state index contributed by atoms with van der Waals surface area (Å²) >= 11 is 12.0. The van der Waals surface area contributed by atoms with E-state index in [1.165, 1.54) is 0 Å². The maximum absolute atomic E-state index is 11.8. The van der Waals surface area contributed by atoms with E-state index >= 15 is 0 Å². The molecule has 2 rings (SSSR count). The number of carbonyl (C=O) groups excluding carboxylic acids is 1. The van der Waals surface area contributed by atoms with Crippen molar-refractivity contribution in [2.45, 2.75) is 32.9 Å². The summed E-state index contributed by atoms with van der Waals surface area (Å²) in [6.45, 7) is 8.63. The molecule has 1 aliphatic rings. The number of nitrogens with one attached hydrogen (secondary N) is 1. The zero-order valence-corrected chi connectivity index (χ0v) is 14.7. The van der Waals surface area contributed by atoms with Crippen molar-refractivity contribution in [2.24, 2.45) is 5.92 Å². The Morgan fingerprint density at radius 3 is 2.64 bits per heavy atom. The maximum atomic E-state index is 11.8. The summed E-state index contributed by atoms with van der Waals surface area (Å²) in [5.74, 6) is 0.457. The Bertz CT molecular complexity index is 537. The molecule has 6 heteroatoms. The van der Waals surface area contributed by atoms with Gasteiger partial charge in [0, 0.05) is 42.1 Å². The van der Waals surface area contributed by atoms with Gasteiger partial charge in [0.05, 0.1) is 0 Å². The lowest BCUT2D eigenvalue weighted by atomic mass is 10.0. The molecule has 0 aliphatic carbocycles. The molecule has 1 heterocycles. The number of benzene rings is 1. The molecular formula is C16H22Cl2N2O2. The van der Waals surface area contributed by atoms with Crippen molar-refractivity contribution in [1.29, 1.82) is 0 Å². The van der Waals surface area contributed by atoms with Gasteiger partial charge < -0.3 is 15.0 Å². The minimum Gasteiger partial charge on any atom is -0.444 e. The average molecular weight is 345 g/mol. The zero-order chi connectivity index (χ0) is 16.3. The van der Waals surface area contributed by atoms with Crippen LogP contribution in [-0.4, -0.2) is 36.2 Å². The van der Waals surface area contributed by atoms with Crippen LogP contribution in [0, 0.1) is 5.92 Å². The monoisotopic (exact) mass is 344 g/mol. The number of carbonyl (C=O) groups is 1. The van der Waals surface area contributed by atoms with Crippen LogP contribution in [0.3, 0.4) is 0 Å².